The number of piperidine rings is 1. The second-order valence-electron chi connectivity index (χ2n) is 8.45. The van der Waals surface area contributed by atoms with E-state index in [1.165, 1.54) is 11.1 Å². The molecular weight excluding hydrogens is 384 g/mol. The average molecular weight is 419 g/mol. The summed E-state index contributed by atoms with van der Waals surface area (Å²) < 4.78 is 2.22. The normalized spacial score (nSPS) is 20.1. The first-order valence-electron chi connectivity index (χ1n) is 11.4. The zero-order chi connectivity index (χ0) is 21.5. The minimum absolute atomic E-state index is 0.464. The van der Waals surface area contributed by atoms with Gasteiger partial charge >= 0.3 is 0 Å². The lowest BCUT2D eigenvalue weighted by molar-refractivity contribution is 0.134. The molecule has 0 bridgehead atoms. The van der Waals surface area contributed by atoms with E-state index in [-0.39, 0.29) is 0 Å². The van der Waals surface area contributed by atoms with Crippen LogP contribution in [0, 0.1) is 0 Å². The molecule has 0 saturated carbocycles. The van der Waals surface area contributed by atoms with Crippen LogP contribution in [0.15, 0.2) is 65.9 Å². The Hall–Kier alpha value is -2.86. The van der Waals surface area contributed by atoms with Gasteiger partial charge in [0.25, 0.3) is 0 Å². The summed E-state index contributed by atoms with van der Waals surface area (Å²) in [6, 6.07) is 20.1. The molecule has 1 aliphatic rings. The molecule has 0 radical (unpaired) electrons. The van der Waals surface area contributed by atoms with Crippen LogP contribution in [0.1, 0.15) is 31.7 Å². The number of nitrogens with zero attached hydrogens (tertiary/aromatic N) is 4. The Morgan fingerprint density at radius 2 is 1.94 bits per heavy atom. The zero-order valence-corrected chi connectivity index (χ0v) is 18.7. The smallest absolute Gasteiger partial charge is 0.191 e. The van der Waals surface area contributed by atoms with Crippen molar-refractivity contribution in [3.63, 3.8) is 0 Å². The lowest BCUT2D eigenvalue weighted by atomic mass is 9.97. The van der Waals surface area contributed by atoms with Crippen LogP contribution < -0.4 is 10.6 Å². The van der Waals surface area contributed by atoms with Crippen molar-refractivity contribution in [2.24, 2.45) is 4.99 Å². The van der Waals surface area contributed by atoms with Crippen LogP contribution in [0.25, 0.3) is 11.0 Å². The van der Waals surface area contributed by atoms with Gasteiger partial charge in [-0.1, -0.05) is 42.5 Å². The van der Waals surface area contributed by atoms with Gasteiger partial charge in [-0.25, -0.2) is 4.98 Å². The number of fused-ring (bicyclic) bond motifs is 1. The van der Waals surface area contributed by atoms with E-state index in [1.807, 2.05) is 19.4 Å². The fraction of sp³-hybridized carbons (Fsp3) is 0.440. The summed E-state index contributed by atoms with van der Waals surface area (Å²) in [5.74, 6) is 0.907. The van der Waals surface area contributed by atoms with Crippen LogP contribution in [-0.4, -0.2) is 52.6 Å². The van der Waals surface area contributed by atoms with E-state index in [4.69, 9.17) is 0 Å². The summed E-state index contributed by atoms with van der Waals surface area (Å²) in [7, 11) is 1.85. The van der Waals surface area contributed by atoms with Crippen molar-refractivity contribution in [3.05, 3.63) is 66.5 Å². The zero-order valence-electron chi connectivity index (χ0n) is 18.7. The van der Waals surface area contributed by atoms with Crippen LogP contribution in [0.3, 0.4) is 0 Å². The highest BCUT2D eigenvalue weighted by molar-refractivity contribution is 5.80. The minimum atomic E-state index is 0.464. The third-order valence-electron chi connectivity index (χ3n) is 6.20. The van der Waals surface area contributed by atoms with E-state index in [9.17, 15) is 0 Å². The number of aromatic nitrogens is 2. The number of hydrogen-bond acceptors (Lipinski definition) is 3. The van der Waals surface area contributed by atoms with Crippen LogP contribution in [-0.2, 0) is 13.1 Å². The molecule has 0 spiro atoms. The van der Waals surface area contributed by atoms with Crippen molar-refractivity contribution in [3.8, 4) is 0 Å². The number of benzene rings is 2. The molecule has 2 N–H and O–H groups in total. The lowest BCUT2D eigenvalue weighted by Crippen LogP contribution is -2.51. The summed E-state index contributed by atoms with van der Waals surface area (Å²) in [5, 5.41) is 7.12. The van der Waals surface area contributed by atoms with Gasteiger partial charge in [0.2, 0.25) is 0 Å². The monoisotopic (exact) mass is 418 g/mol. The molecule has 2 aromatic carbocycles. The number of rotatable bonds is 7. The number of aliphatic imine (C=N–C) groups is 1. The SMILES string of the molecule is CN=C(NCCCn1cnc2ccccc21)NC1CCN(Cc2ccccc2)C(C)C1. The van der Waals surface area contributed by atoms with Crippen LogP contribution in [0.2, 0.25) is 0 Å². The molecule has 1 fully saturated rings. The summed E-state index contributed by atoms with van der Waals surface area (Å²) >= 11 is 0. The molecule has 1 aromatic heterocycles. The quantitative estimate of drug-likeness (QED) is 0.349. The Kier molecular flexibility index (Phi) is 7.20. The van der Waals surface area contributed by atoms with Gasteiger partial charge in [0.05, 0.1) is 17.4 Å². The number of para-hydroxylation sites is 2. The Bertz CT molecular complexity index is 980. The first-order valence-corrected chi connectivity index (χ1v) is 11.4. The van der Waals surface area contributed by atoms with E-state index < -0.39 is 0 Å². The van der Waals surface area contributed by atoms with E-state index in [0.717, 1.165) is 56.9 Å². The molecule has 1 aliphatic heterocycles. The maximum atomic E-state index is 4.47. The molecule has 0 amide bonds. The highest BCUT2D eigenvalue weighted by atomic mass is 15.2. The number of nitrogens with one attached hydrogen (secondary N) is 2. The maximum absolute atomic E-state index is 4.47. The summed E-state index contributed by atoms with van der Waals surface area (Å²) in [6.45, 7) is 6.31. The minimum Gasteiger partial charge on any atom is -0.356 e. The molecule has 3 aromatic rings. The Morgan fingerprint density at radius 3 is 2.74 bits per heavy atom. The van der Waals surface area contributed by atoms with E-state index >= 15 is 0 Å². The molecule has 2 heterocycles. The number of guanidine groups is 1. The highest BCUT2D eigenvalue weighted by Gasteiger charge is 2.25. The Morgan fingerprint density at radius 1 is 1.13 bits per heavy atom. The number of hydrogen-bond donors (Lipinski definition) is 2. The van der Waals surface area contributed by atoms with Gasteiger partial charge in [0, 0.05) is 45.3 Å². The third kappa shape index (κ3) is 5.64. The van der Waals surface area contributed by atoms with Gasteiger partial charge in [-0.15, -0.1) is 0 Å². The van der Waals surface area contributed by atoms with Crippen molar-refractivity contribution in [2.45, 2.75) is 51.4 Å². The van der Waals surface area contributed by atoms with Crippen molar-refractivity contribution in [1.82, 2.24) is 25.1 Å². The first kappa shape index (κ1) is 21.4. The summed E-state index contributed by atoms with van der Waals surface area (Å²) in [6.07, 6.45) is 5.22. The van der Waals surface area contributed by atoms with Gasteiger partial charge in [0.1, 0.15) is 0 Å². The molecule has 1 saturated heterocycles. The molecule has 4 rings (SSSR count). The Balaban J connectivity index is 1.20. The van der Waals surface area contributed by atoms with Crippen molar-refractivity contribution in [1.29, 1.82) is 0 Å². The predicted octanol–water partition coefficient (Wildman–Crippen LogP) is 3.64. The molecule has 2 unspecified atom stereocenters. The fourth-order valence-electron chi connectivity index (χ4n) is 4.44. The van der Waals surface area contributed by atoms with E-state index in [2.05, 4.69) is 85.5 Å². The molecule has 31 heavy (non-hydrogen) atoms. The van der Waals surface area contributed by atoms with Gasteiger partial charge in [-0.2, -0.15) is 0 Å². The second-order valence-corrected chi connectivity index (χ2v) is 8.45. The summed E-state index contributed by atoms with van der Waals surface area (Å²) in [5.41, 5.74) is 3.64. The van der Waals surface area contributed by atoms with Gasteiger partial charge in [-0.3, -0.25) is 9.89 Å². The number of aryl methyl sites for hydroxylation is 1. The lowest BCUT2D eigenvalue weighted by Gasteiger charge is -2.38. The van der Waals surface area contributed by atoms with Crippen molar-refractivity contribution < 1.29 is 0 Å². The Labute approximate surface area is 185 Å². The topological polar surface area (TPSA) is 57.5 Å². The molecule has 2 atom stereocenters. The first-order chi connectivity index (χ1) is 15.2. The molecule has 164 valence electrons. The molecule has 6 heteroatoms. The number of likely N-dealkylation sites (tertiary alicyclic amines) is 1. The largest absolute Gasteiger partial charge is 0.356 e. The number of imidazole rings is 1. The summed E-state index contributed by atoms with van der Waals surface area (Å²) in [4.78, 5) is 11.5. The molecule has 6 nitrogen and oxygen atoms in total. The van der Waals surface area contributed by atoms with Crippen molar-refractivity contribution in [2.75, 3.05) is 20.1 Å². The van der Waals surface area contributed by atoms with Gasteiger partial charge in [0.15, 0.2) is 5.96 Å². The molecule has 0 aliphatic carbocycles. The maximum Gasteiger partial charge on any atom is 0.191 e. The van der Waals surface area contributed by atoms with Gasteiger partial charge in [-0.05, 0) is 43.9 Å². The average Bonchev–Trinajstić information content (AvgIpc) is 3.21. The van der Waals surface area contributed by atoms with Crippen LogP contribution in [0.5, 0.6) is 0 Å². The second kappa shape index (κ2) is 10.4. The van der Waals surface area contributed by atoms with E-state index in [0.29, 0.717) is 12.1 Å². The standard InChI is InChI=1S/C25H34N6/c1-20-17-22(13-16-30(20)18-21-9-4-3-5-10-21)29-25(26-2)27-14-8-15-31-19-28-23-11-6-7-12-24(23)31/h3-7,9-12,19-20,22H,8,13-18H2,1-2H3,(H2,26,27,29). The van der Waals surface area contributed by atoms with Gasteiger partial charge < -0.3 is 15.2 Å². The third-order valence-corrected chi connectivity index (χ3v) is 6.20. The van der Waals surface area contributed by atoms with E-state index in [1.54, 1.807) is 0 Å². The fourth-order valence-corrected chi connectivity index (χ4v) is 4.44. The van der Waals surface area contributed by atoms with Crippen LogP contribution >= 0.6 is 0 Å². The van der Waals surface area contributed by atoms with Crippen LogP contribution in [0.4, 0.5) is 0 Å². The molecular formula is C25H34N6. The highest BCUT2D eigenvalue weighted by Crippen LogP contribution is 2.20. The van der Waals surface area contributed by atoms with Crippen molar-refractivity contribution >= 4 is 17.0 Å². The predicted molar refractivity (Wildman–Crippen MR) is 128 cm³/mol.